The Kier molecular flexibility index (Phi) is 6.98. The summed E-state index contributed by atoms with van der Waals surface area (Å²) in [7, 11) is 1.50. The molecule has 5 rings (SSSR count). The van der Waals surface area contributed by atoms with Crippen LogP contribution in [0.15, 0.2) is 79.3 Å². The number of amides is 1. The zero-order valence-corrected chi connectivity index (χ0v) is 21.7. The Morgan fingerprint density at radius 2 is 1.95 bits per heavy atom. The minimum Gasteiger partial charge on any atom is -0.375 e. The highest BCUT2D eigenvalue weighted by Crippen LogP contribution is 2.43. The SMILES string of the molecule is COCC(=O)Nc1ccc(N2C(=S)N[C@@H](c3ccccn3)[C@H]2c2ccc(C)n2-c2cccnc2)cc1C. The van der Waals surface area contributed by atoms with Crippen LogP contribution in [0.4, 0.5) is 11.4 Å². The van der Waals surface area contributed by atoms with Crippen LogP contribution in [0.3, 0.4) is 0 Å². The van der Waals surface area contributed by atoms with Crippen molar-refractivity contribution in [2.45, 2.75) is 25.9 Å². The largest absolute Gasteiger partial charge is 0.375 e. The number of aryl methyl sites for hydroxylation is 2. The fraction of sp³-hybridized carbons (Fsp3) is 0.214. The number of benzene rings is 1. The number of anilines is 2. The summed E-state index contributed by atoms with van der Waals surface area (Å²) >= 11 is 5.90. The number of rotatable bonds is 7. The molecule has 2 atom stereocenters. The van der Waals surface area contributed by atoms with Crippen LogP contribution in [0.5, 0.6) is 0 Å². The van der Waals surface area contributed by atoms with Gasteiger partial charge in [-0.05, 0) is 86.2 Å². The highest BCUT2D eigenvalue weighted by atomic mass is 32.1. The zero-order valence-electron chi connectivity index (χ0n) is 20.9. The van der Waals surface area contributed by atoms with Gasteiger partial charge in [-0.2, -0.15) is 0 Å². The first-order valence-corrected chi connectivity index (χ1v) is 12.4. The van der Waals surface area contributed by atoms with E-state index in [-0.39, 0.29) is 24.6 Å². The molecule has 37 heavy (non-hydrogen) atoms. The van der Waals surface area contributed by atoms with Crippen LogP contribution < -0.4 is 15.5 Å². The molecule has 0 bridgehead atoms. The van der Waals surface area contributed by atoms with E-state index in [4.69, 9.17) is 17.0 Å². The zero-order chi connectivity index (χ0) is 25.9. The average Bonchev–Trinajstić information content (AvgIpc) is 3.45. The third-order valence-corrected chi connectivity index (χ3v) is 6.76. The second kappa shape index (κ2) is 10.5. The van der Waals surface area contributed by atoms with Crippen molar-refractivity contribution in [2.24, 2.45) is 0 Å². The lowest BCUT2D eigenvalue weighted by Gasteiger charge is -2.29. The van der Waals surface area contributed by atoms with Gasteiger partial charge in [0.05, 0.1) is 23.6 Å². The third-order valence-electron chi connectivity index (χ3n) is 6.45. The quantitative estimate of drug-likeness (QED) is 0.349. The number of hydrogen-bond donors (Lipinski definition) is 2. The van der Waals surface area contributed by atoms with Crippen LogP contribution in [0, 0.1) is 13.8 Å². The molecule has 9 heteroatoms. The molecule has 1 aliphatic rings. The third kappa shape index (κ3) is 4.83. The highest BCUT2D eigenvalue weighted by Gasteiger charge is 2.42. The molecule has 8 nitrogen and oxygen atoms in total. The number of methoxy groups -OCH3 is 1. The predicted octanol–water partition coefficient (Wildman–Crippen LogP) is 4.65. The molecule has 0 aliphatic carbocycles. The lowest BCUT2D eigenvalue weighted by Crippen LogP contribution is -2.30. The number of nitrogens with zero attached hydrogens (tertiary/aromatic N) is 4. The van der Waals surface area contributed by atoms with Crippen LogP contribution in [0.2, 0.25) is 0 Å². The van der Waals surface area contributed by atoms with E-state index in [1.54, 1.807) is 12.4 Å². The number of pyridine rings is 2. The summed E-state index contributed by atoms with van der Waals surface area (Å²) in [6.45, 7) is 4.05. The first kappa shape index (κ1) is 24.6. The maximum atomic E-state index is 12.1. The standard InChI is InChI=1S/C28H28N6O2S/c1-18-15-20(10-11-22(18)31-25(35)17-36-3)34-27(26(32-28(34)37)23-8-4-5-14-30-23)24-12-9-19(2)33(24)21-7-6-13-29-16-21/h4-16,26-27H,17H2,1-3H3,(H,31,35)(H,32,37)/t26-,27+/m0/s1. The molecule has 1 amide bonds. The number of hydrogen-bond acceptors (Lipinski definition) is 5. The highest BCUT2D eigenvalue weighted by molar-refractivity contribution is 7.80. The number of ether oxygens (including phenoxy) is 1. The van der Waals surface area contributed by atoms with Crippen LogP contribution in [-0.2, 0) is 9.53 Å². The summed E-state index contributed by atoms with van der Waals surface area (Å²) in [5, 5.41) is 7.02. The Morgan fingerprint density at radius 1 is 1.08 bits per heavy atom. The van der Waals surface area contributed by atoms with Gasteiger partial charge in [0.2, 0.25) is 5.91 Å². The Labute approximate surface area is 221 Å². The molecule has 1 fully saturated rings. The van der Waals surface area contributed by atoms with Crippen LogP contribution in [-0.4, -0.2) is 39.3 Å². The van der Waals surface area contributed by atoms with Crippen molar-refractivity contribution in [1.82, 2.24) is 19.9 Å². The monoisotopic (exact) mass is 512 g/mol. The van der Waals surface area contributed by atoms with Crippen molar-refractivity contribution in [2.75, 3.05) is 23.9 Å². The topological polar surface area (TPSA) is 84.3 Å². The van der Waals surface area contributed by atoms with Gasteiger partial charge in [-0.15, -0.1) is 0 Å². The Morgan fingerprint density at radius 3 is 2.65 bits per heavy atom. The predicted molar refractivity (Wildman–Crippen MR) is 148 cm³/mol. The van der Waals surface area contributed by atoms with E-state index in [1.807, 2.05) is 61.7 Å². The molecule has 4 aromatic rings. The van der Waals surface area contributed by atoms with Crippen LogP contribution in [0.1, 0.15) is 34.7 Å². The van der Waals surface area contributed by atoms with E-state index < -0.39 is 0 Å². The second-order valence-electron chi connectivity index (χ2n) is 8.92. The molecule has 0 radical (unpaired) electrons. The number of thiocarbonyl (C=S) groups is 1. The molecule has 188 valence electrons. The Balaban J connectivity index is 1.61. The summed E-state index contributed by atoms with van der Waals surface area (Å²) < 4.78 is 7.15. The molecular weight excluding hydrogens is 484 g/mol. The second-order valence-corrected chi connectivity index (χ2v) is 9.31. The van der Waals surface area contributed by atoms with Crippen molar-refractivity contribution in [3.63, 3.8) is 0 Å². The maximum Gasteiger partial charge on any atom is 0.250 e. The molecule has 1 aliphatic heterocycles. The van der Waals surface area contributed by atoms with Gasteiger partial charge in [-0.25, -0.2) is 0 Å². The molecule has 0 unspecified atom stereocenters. The van der Waals surface area contributed by atoms with Crippen molar-refractivity contribution < 1.29 is 9.53 Å². The van der Waals surface area contributed by atoms with Gasteiger partial charge in [0, 0.05) is 42.3 Å². The maximum absolute atomic E-state index is 12.1. The first-order valence-electron chi connectivity index (χ1n) is 12.0. The van der Waals surface area contributed by atoms with Gasteiger partial charge in [0.25, 0.3) is 0 Å². The molecule has 1 aromatic carbocycles. The first-order chi connectivity index (χ1) is 18.0. The van der Waals surface area contributed by atoms with Crippen molar-refractivity contribution in [1.29, 1.82) is 0 Å². The lowest BCUT2D eigenvalue weighted by atomic mass is 10.0. The van der Waals surface area contributed by atoms with Gasteiger partial charge in [-0.3, -0.25) is 14.8 Å². The number of carbonyl (C=O) groups is 1. The molecule has 0 saturated carbocycles. The summed E-state index contributed by atoms with van der Waals surface area (Å²) in [5.41, 5.74) is 6.59. The van der Waals surface area contributed by atoms with Gasteiger partial charge in [0.15, 0.2) is 5.11 Å². The minimum absolute atomic E-state index is 0.000163. The summed E-state index contributed by atoms with van der Waals surface area (Å²) in [6, 6.07) is 19.7. The van der Waals surface area contributed by atoms with Crippen molar-refractivity contribution in [3.05, 3.63) is 102 Å². The Bertz CT molecular complexity index is 1420. The average molecular weight is 513 g/mol. The van der Waals surface area contributed by atoms with E-state index in [0.29, 0.717) is 5.11 Å². The van der Waals surface area contributed by atoms with Gasteiger partial charge >= 0.3 is 0 Å². The molecule has 3 aromatic heterocycles. The smallest absolute Gasteiger partial charge is 0.250 e. The summed E-state index contributed by atoms with van der Waals surface area (Å²) in [6.07, 6.45) is 5.43. The van der Waals surface area contributed by atoms with E-state index in [0.717, 1.165) is 39.7 Å². The lowest BCUT2D eigenvalue weighted by molar-refractivity contribution is -0.119. The number of nitrogens with one attached hydrogen (secondary N) is 2. The fourth-order valence-corrected chi connectivity index (χ4v) is 5.16. The molecule has 0 spiro atoms. The summed E-state index contributed by atoms with van der Waals surface area (Å²) in [5.74, 6) is -0.199. The van der Waals surface area contributed by atoms with E-state index in [1.165, 1.54) is 7.11 Å². The normalized spacial score (nSPS) is 17.1. The number of carbonyl (C=O) groups excluding carboxylic acids is 1. The molecule has 2 N–H and O–H groups in total. The van der Waals surface area contributed by atoms with Crippen molar-refractivity contribution in [3.8, 4) is 5.69 Å². The van der Waals surface area contributed by atoms with Gasteiger partial charge < -0.3 is 24.8 Å². The van der Waals surface area contributed by atoms with E-state index in [2.05, 4.69) is 49.1 Å². The minimum atomic E-state index is -0.199. The van der Waals surface area contributed by atoms with Gasteiger partial charge in [0.1, 0.15) is 12.6 Å². The molecular formula is C28H28N6O2S. The van der Waals surface area contributed by atoms with E-state index >= 15 is 0 Å². The molecule has 1 saturated heterocycles. The van der Waals surface area contributed by atoms with Crippen molar-refractivity contribution >= 4 is 34.6 Å². The van der Waals surface area contributed by atoms with Crippen LogP contribution in [0.25, 0.3) is 5.69 Å². The van der Waals surface area contributed by atoms with Crippen LogP contribution >= 0.6 is 12.2 Å². The summed E-state index contributed by atoms with van der Waals surface area (Å²) in [4.78, 5) is 23.2. The van der Waals surface area contributed by atoms with Gasteiger partial charge in [-0.1, -0.05) is 6.07 Å². The fourth-order valence-electron chi connectivity index (χ4n) is 4.82. The molecule has 4 heterocycles. The van der Waals surface area contributed by atoms with E-state index in [9.17, 15) is 4.79 Å². The Hall–Kier alpha value is -4.08. The number of aromatic nitrogens is 3.